The molecular weight excluding hydrogens is 277 g/mol. The minimum atomic E-state index is -0.290. The quantitative estimate of drug-likeness (QED) is 0.868. The van der Waals surface area contributed by atoms with Gasteiger partial charge in [-0.2, -0.15) is 5.48 Å². The average molecular weight is 290 g/mol. The van der Waals surface area contributed by atoms with Crippen LogP contribution in [0.3, 0.4) is 0 Å². The van der Waals surface area contributed by atoms with Gasteiger partial charge in [0.25, 0.3) is 0 Å². The van der Waals surface area contributed by atoms with Crippen LogP contribution >= 0.6 is 15.9 Å². The third-order valence-corrected chi connectivity index (χ3v) is 3.29. The van der Waals surface area contributed by atoms with Crippen molar-refractivity contribution in [3.8, 4) is 5.75 Å². The van der Waals surface area contributed by atoms with E-state index in [1.807, 2.05) is 6.92 Å². The largest absolute Gasteiger partial charge is 0.488 e. The fraction of sp³-hybridized carbons (Fsp3) is 0.455. The smallest absolute Gasteiger partial charge is 0.137 e. The van der Waals surface area contributed by atoms with Gasteiger partial charge >= 0.3 is 0 Å². The first-order valence-electron chi connectivity index (χ1n) is 5.11. The van der Waals surface area contributed by atoms with Gasteiger partial charge in [0, 0.05) is 5.56 Å². The molecule has 16 heavy (non-hydrogen) atoms. The first kappa shape index (κ1) is 11.8. The van der Waals surface area contributed by atoms with Crippen molar-refractivity contribution >= 4 is 15.9 Å². The summed E-state index contributed by atoms with van der Waals surface area (Å²) >= 11 is 3.14. The van der Waals surface area contributed by atoms with Crippen LogP contribution < -0.4 is 10.2 Å². The molecule has 0 aromatic heterocycles. The van der Waals surface area contributed by atoms with Gasteiger partial charge in [0.05, 0.1) is 17.6 Å². The van der Waals surface area contributed by atoms with Gasteiger partial charge in [-0.05, 0) is 34.5 Å². The van der Waals surface area contributed by atoms with Crippen molar-refractivity contribution in [3.63, 3.8) is 0 Å². The molecule has 88 valence electrons. The maximum atomic E-state index is 13.4. The van der Waals surface area contributed by atoms with Crippen molar-refractivity contribution in [1.29, 1.82) is 0 Å². The number of hydrogen-bond donors (Lipinski definition) is 1. The van der Waals surface area contributed by atoms with E-state index in [1.54, 1.807) is 13.2 Å². The lowest BCUT2D eigenvalue weighted by atomic mass is 10.0. The van der Waals surface area contributed by atoms with Crippen molar-refractivity contribution < 1.29 is 14.0 Å². The lowest BCUT2D eigenvalue weighted by Crippen LogP contribution is -2.29. The number of halogens is 2. The number of fused-ring (bicyclic) bond motifs is 1. The van der Waals surface area contributed by atoms with Crippen molar-refractivity contribution in [2.24, 2.45) is 0 Å². The normalized spacial score (nSPS) is 23.0. The van der Waals surface area contributed by atoms with E-state index < -0.39 is 0 Å². The van der Waals surface area contributed by atoms with E-state index in [9.17, 15) is 4.39 Å². The molecule has 2 atom stereocenters. The van der Waals surface area contributed by atoms with E-state index in [0.717, 1.165) is 12.0 Å². The molecule has 0 fully saturated rings. The monoisotopic (exact) mass is 289 g/mol. The highest BCUT2D eigenvalue weighted by Crippen LogP contribution is 2.40. The molecule has 0 amide bonds. The molecule has 1 aromatic rings. The maximum Gasteiger partial charge on any atom is 0.137 e. The first-order valence-corrected chi connectivity index (χ1v) is 5.90. The van der Waals surface area contributed by atoms with Crippen molar-refractivity contribution in [2.75, 3.05) is 7.11 Å². The minimum absolute atomic E-state index is 0.0244. The molecule has 1 aliphatic heterocycles. The number of benzene rings is 1. The predicted octanol–water partition coefficient (Wildman–Crippen LogP) is 2.95. The molecule has 0 spiro atoms. The fourth-order valence-corrected chi connectivity index (χ4v) is 2.23. The Kier molecular flexibility index (Phi) is 3.47. The zero-order valence-electron chi connectivity index (χ0n) is 9.09. The third-order valence-electron chi connectivity index (χ3n) is 2.69. The molecule has 0 radical (unpaired) electrons. The summed E-state index contributed by atoms with van der Waals surface area (Å²) in [5, 5.41) is 0. The summed E-state index contributed by atoms with van der Waals surface area (Å²) in [6.45, 7) is 2.02. The third kappa shape index (κ3) is 1.95. The second-order valence-corrected chi connectivity index (χ2v) is 4.52. The van der Waals surface area contributed by atoms with E-state index in [1.165, 1.54) is 6.07 Å². The second kappa shape index (κ2) is 4.69. The molecule has 1 aliphatic rings. The lowest BCUT2D eigenvalue weighted by molar-refractivity contribution is 0.0283. The molecule has 1 aromatic carbocycles. The number of nitrogens with one attached hydrogen (secondary N) is 1. The van der Waals surface area contributed by atoms with Crippen LogP contribution in [0.4, 0.5) is 4.39 Å². The van der Waals surface area contributed by atoms with Gasteiger partial charge in [-0.1, -0.05) is 6.92 Å². The zero-order chi connectivity index (χ0) is 11.7. The summed E-state index contributed by atoms with van der Waals surface area (Å²) in [6.07, 6.45) is 0.804. The Morgan fingerprint density at radius 2 is 2.31 bits per heavy atom. The Labute approximate surface area is 102 Å². The van der Waals surface area contributed by atoms with Crippen LogP contribution in [0.15, 0.2) is 16.6 Å². The molecule has 0 saturated carbocycles. The van der Waals surface area contributed by atoms with Crippen molar-refractivity contribution in [3.05, 3.63) is 28.0 Å². The summed E-state index contributed by atoms with van der Waals surface area (Å²) < 4.78 is 19.6. The molecule has 2 unspecified atom stereocenters. The number of hydrogen-bond acceptors (Lipinski definition) is 3. The van der Waals surface area contributed by atoms with Crippen LogP contribution in [0.2, 0.25) is 0 Å². The van der Waals surface area contributed by atoms with Crippen molar-refractivity contribution in [2.45, 2.75) is 25.5 Å². The Hall–Kier alpha value is -0.650. The number of ether oxygens (including phenoxy) is 1. The van der Waals surface area contributed by atoms with Gasteiger partial charge in [-0.15, -0.1) is 0 Å². The van der Waals surface area contributed by atoms with Crippen LogP contribution in [-0.2, 0) is 4.84 Å². The van der Waals surface area contributed by atoms with Gasteiger partial charge in [0.15, 0.2) is 0 Å². The van der Waals surface area contributed by atoms with Gasteiger partial charge < -0.3 is 9.57 Å². The highest BCUT2D eigenvalue weighted by Gasteiger charge is 2.34. The fourth-order valence-electron chi connectivity index (χ4n) is 1.91. The minimum Gasteiger partial charge on any atom is -0.488 e. The van der Waals surface area contributed by atoms with Crippen LogP contribution in [0.5, 0.6) is 5.75 Å². The second-order valence-electron chi connectivity index (χ2n) is 3.67. The van der Waals surface area contributed by atoms with Gasteiger partial charge in [-0.3, -0.25) is 0 Å². The number of hydroxylamine groups is 1. The molecule has 1 N–H and O–H groups in total. The molecule has 2 rings (SSSR count). The SMILES string of the molecule is CCC1Oc2cc(Br)c(F)cc2C1NOC. The molecule has 1 heterocycles. The van der Waals surface area contributed by atoms with Crippen LogP contribution in [0, 0.1) is 5.82 Å². The van der Waals surface area contributed by atoms with Gasteiger partial charge in [-0.25, -0.2) is 4.39 Å². The van der Waals surface area contributed by atoms with Crippen LogP contribution in [-0.4, -0.2) is 13.2 Å². The van der Waals surface area contributed by atoms with E-state index >= 15 is 0 Å². The molecule has 0 saturated heterocycles. The molecular formula is C11H13BrFNO2. The Bertz CT molecular complexity index is 400. The summed E-state index contributed by atoms with van der Waals surface area (Å²) in [5.74, 6) is 0.414. The molecule has 0 aliphatic carbocycles. The topological polar surface area (TPSA) is 30.5 Å². The standard InChI is InChI=1S/C11H13BrFNO2/c1-3-9-11(14-15-2)6-4-8(13)7(12)5-10(6)16-9/h4-5,9,11,14H,3H2,1-2H3. The molecule has 5 heteroatoms. The zero-order valence-corrected chi connectivity index (χ0v) is 10.7. The Balaban J connectivity index is 2.38. The number of rotatable bonds is 3. The van der Waals surface area contributed by atoms with E-state index in [4.69, 9.17) is 9.57 Å². The van der Waals surface area contributed by atoms with E-state index in [0.29, 0.717) is 10.2 Å². The summed E-state index contributed by atoms with van der Waals surface area (Å²) in [6, 6.07) is 3.02. The Morgan fingerprint density at radius 3 is 2.94 bits per heavy atom. The predicted molar refractivity (Wildman–Crippen MR) is 61.7 cm³/mol. The summed E-state index contributed by atoms with van der Waals surface area (Å²) in [7, 11) is 1.54. The van der Waals surface area contributed by atoms with Gasteiger partial charge in [0.1, 0.15) is 17.7 Å². The van der Waals surface area contributed by atoms with Crippen molar-refractivity contribution in [1.82, 2.24) is 5.48 Å². The molecule has 0 bridgehead atoms. The molecule has 3 nitrogen and oxygen atoms in total. The lowest BCUT2D eigenvalue weighted by Gasteiger charge is -2.17. The summed E-state index contributed by atoms with van der Waals surface area (Å²) in [5.41, 5.74) is 3.64. The van der Waals surface area contributed by atoms with Gasteiger partial charge in [0.2, 0.25) is 0 Å². The average Bonchev–Trinajstić information content (AvgIpc) is 2.58. The Morgan fingerprint density at radius 1 is 1.56 bits per heavy atom. The van der Waals surface area contributed by atoms with Crippen LogP contribution in [0.25, 0.3) is 0 Å². The van der Waals surface area contributed by atoms with E-state index in [-0.39, 0.29) is 18.0 Å². The van der Waals surface area contributed by atoms with Crippen LogP contribution in [0.1, 0.15) is 24.9 Å². The summed E-state index contributed by atoms with van der Waals surface area (Å²) in [4.78, 5) is 4.92. The highest BCUT2D eigenvalue weighted by atomic mass is 79.9. The van der Waals surface area contributed by atoms with E-state index in [2.05, 4.69) is 21.4 Å². The maximum absolute atomic E-state index is 13.4. The highest BCUT2D eigenvalue weighted by molar-refractivity contribution is 9.10. The first-order chi connectivity index (χ1) is 7.67.